The standard InChI is InChI=1S/C27H35N5O3S2.C22H27N5OS2.C20H29N5O2S.C7H7BrS.C2HF3O.H3N17.Na/c1-18-22(30-25(33)35-26(2,3)4)27(17-34-18)10-13-31(14-11-27)24-29-16-21(23-28-12-15-32(23)24)37-20-9-7-6-8-19(20)36-5;1-15-19(23)22(14-28-15)7-10-26(11-8-22)21-25-13-18(20-24-9-12-27(20)21)30-17-6-4-3-5-16(17)29-2;1-19(2,3)27-18(26)23-15-5-4-6-20(15)7-10-24(11-8-20)17-22-13-14(28)16-21-9-12-25(16)17;1-9-7-5-3-2-4-6(7)8;3-2(4,5)1-6;1-3-5-7-9-11-13-15-17-16-14-12-10-8-6-4-2;/h6-9,12,15-16,18,22H,10-11,13-14,17H2,1-5H3,(H,30,33);3-6,9,12-13,15,19H,7-8,10-11,14,23H2,1-2H3;9,12-13,15,28H,4-8,10-11H2,1-3H3,(H,23,26);2-5H,1H3;1H;(H3,1,2,5,6,9,10,13,14,17);/q;;;;;;+1/p-1/t18-,22+;15-,19+;15-;;;;/m001..../s1. The van der Waals surface area contributed by atoms with Crippen molar-refractivity contribution >= 4 is 141 Å². The number of carbonyl (C=O) groups is 3. The van der Waals surface area contributed by atoms with Crippen LogP contribution >= 0.6 is 74.7 Å². The van der Waals surface area contributed by atoms with Crippen molar-refractivity contribution in [2.45, 2.75) is 200 Å². The molecule has 1 saturated carbocycles. The van der Waals surface area contributed by atoms with Gasteiger partial charge in [-0.25, -0.2) is 39.5 Å². The largest absolute Gasteiger partial charge is 1.00 e. The number of ether oxygens (including phenoxy) is 4. The Kier molecular flexibility index (Phi) is 39.0. The smallest absolute Gasteiger partial charge is 0.775 e. The summed E-state index contributed by atoms with van der Waals surface area (Å²) >= 11 is 17.4. The first kappa shape index (κ1) is 103. The number of nitrogens with two attached hydrogens (primary N) is 2. The molecule has 3 aromatic carbocycles. The minimum Gasteiger partial charge on any atom is -0.775 e. The average molecular weight is 1950 g/mol. The third-order valence-electron chi connectivity index (χ3n) is 21.5. The SMILES string of the molecule is CC(C)(C)OC(=O)N[C@@H]1CCCC12CCN(c1ncc([S-])c3nccn13)CC2.CSc1ccccc1Br.CSc1ccccc1Sc1cnc(N2CCC3(CC2)CO[C@@H](C)[C@H]3N)n2ccnc12.CSc1ccccc1Sc1cnc(N2CCC3(CC2)CO[C@@H](C)[C@H]3NC(=O)OC(C)(C)C)n2ccnc12.N=N/N=N/N=N/N=N/N=N/N=N/N=N/N=N/N.O=CC(F)(F)F.[Na+]. The summed E-state index contributed by atoms with van der Waals surface area (Å²) in [5, 5.41) is 49.5. The molecule has 0 unspecified atom stereocenters. The van der Waals surface area contributed by atoms with Gasteiger partial charge in [0.15, 0.2) is 11.3 Å². The molecular weight excluding hydrogens is 1850 g/mol. The summed E-state index contributed by atoms with van der Waals surface area (Å²) in [6, 6.07) is 25.3. The predicted molar refractivity (Wildman–Crippen MR) is 481 cm³/mol. The number of aldehydes is 1. The second kappa shape index (κ2) is 48.7. The quantitative estimate of drug-likeness (QED) is 0.00954. The molecule has 1 aliphatic carbocycles. The van der Waals surface area contributed by atoms with E-state index in [4.69, 9.17) is 57.6 Å². The molecule has 5 saturated heterocycles. The second-order valence-electron chi connectivity index (χ2n) is 31.6. The summed E-state index contributed by atoms with van der Waals surface area (Å²) in [6.07, 6.45) is 26.2. The summed E-state index contributed by atoms with van der Waals surface area (Å²) in [5.41, 5.74) is 14.4. The van der Waals surface area contributed by atoms with E-state index in [1.807, 2.05) is 114 Å². The Bertz CT molecular complexity index is 5350. The van der Waals surface area contributed by atoms with E-state index in [9.17, 15) is 22.8 Å². The number of piperidine rings is 3. The van der Waals surface area contributed by atoms with Crippen molar-refractivity contribution in [3.63, 3.8) is 0 Å². The molecule has 50 heteroatoms. The maximum absolute atomic E-state index is 12.6. The maximum Gasteiger partial charge on any atom is 1.00 e. The first-order valence-corrected chi connectivity index (χ1v) is 46.6. The molecule has 6 aromatic heterocycles. The van der Waals surface area contributed by atoms with Crippen molar-refractivity contribution in [2.24, 2.45) is 106 Å². The molecule has 3 spiro atoms. The number of imidazole rings is 3. The molecule has 11 heterocycles. The fraction of sp³-hybridized carbons (Fsp3) is 0.500. The van der Waals surface area contributed by atoms with Gasteiger partial charge in [-0.2, -0.15) is 18.7 Å². The number of carbonyl (C=O) groups excluding carboxylic acids is 3. The Morgan fingerprint density at radius 2 is 0.914 bits per heavy atom. The van der Waals surface area contributed by atoms with Crippen LogP contribution < -0.4 is 66.5 Å². The van der Waals surface area contributed by atoms with Crippen molar-refractivity contribution in [1.82, 2.24) is 53.7 Å². The zero-order valence-electron chi connectivity index (χ0n) is 72.7. The third kappa shape index (κ3) is 28.4. The van der Waals surface area contributed by atoms with Gasteiger partial charge >= 0.3 is 47.9 Å². The number of hydrogen-bond donors (Lipinski definition) is 5. The number of anilines is 3. The number of halogens is 4. The molecule has 2 amide bonds. The van der Waals surface area contributed by atoms with E-state index in [1.54, 1.807) is 71.2 Å². The fourth-order valence-electron chi connectivity index (χ4n) is 15.5. The number of benzene rings is 3. The van der Waals surface area contributed by atoms with E-state index >= 15 is 0 Å². The fourth-order valence-corrected chi connectivity index (χ4v) is 20.4. The number of rotatable bonds is 19. The van der Waals surface area contributed by atoms with Crippen molar-refractivity contribution in [1.29, 1.82) is 5.53 Å². The molecule has 680 valence electrons. The number of nitrogens with zero attached hydrogens (tertiary/aromatic N) is 27. The van der Waals surface area contributed by atoms with Crippen LogP contribution in [-0.2, 0) is 36.4 Å². The monoisotopic (exact) mass is 1950 g/mol. The number of nitrogens with one attached hydrogen (secondary N) is 3. The Morgan fingerprint density at radius 3 is 1.32 bits per heavy atom. The molecule has 5 aliphatic heterocycles. The van der Waals surface area contributed by atoms with Gasteiger partial charge in [-0.3, -0.25) is 18.0 Å². The Hall–Kier alpha value is -9.15. The number of hydrogen-bond acceptors (Lipinski definition) is 25. The van der Waals surface area contributed by atoms with Crippen LogP contribution in [-0.4, -0.2) is 181 Å². The van der Waals surface area contributed by atoms with E-state index in [2.05, 4.69) is 234 Å². The number of aromatic nitrogens is 9. The van der Waals surface area contributed by atoms with Crippen LogP contribution in [0.25, 0.3) is 16.9 Å². The molecule has 15 rings (SSSR count). The van der Waals surface area contributed by atoms with E-state index in [1.165, 1.54) is 29.0 Å². The number of alkyl carbamates (subject to hydrolysis) is 2. The molecule has 128 heavy (non-hydrogen) atoms. The van der Waals surface area contributed by atoms with E-state index in [-0.39, 0.29) is 88.3 Å². The van der Waals surface area contributed by atoms with Gasteiger partial charge in [-0.1, -0.05) is 71.6 Å². The molecule has 0 radical (unpaired) electrons. The summed E-state index contributed by atoms with van der Waals surface area (Å²) < 4.78 is 61.6. The molecule has 5 atom stereocenters. The predicted octanol–water partition coefficient (Wildman–Crippen LogP) is 16.1. The van der Waals surface area contributed by atoms with E-state index < -0.39 is 23.7 Å². The van der Waals surface area contributed by atoms with Gasteiger partial charge < -0.3 is 68.5 Å². The number of fused-ring (bicyclic) bond motifs is 3. The van der Waals surface area contributed by atoms with Crippen LogP contribution in [0.15, 0.2) is 251 Å². The first-order chi connectivity index (χ1) is 60.9. The summed E-state index contributed by atoms with van der Waals surface area (Å²) in [4.78, 5) is 77.5. The van der Waals surface area contributed by atoms with Gasteiger partial charge in [0.25, 0.3) is 0 Å². The molecule has 9 aromatic rings. The van der Waals surface area contributed by atoms with Gasteiger partial charge in [0.1, 0.15) is 16.8 Å². The van der Waals surface area contributed by atoms with Gasteiger partial charge in [-0.05, 0) is 256 Å². The normalized spacial score (nSPS) is 19.6. The van der Waals surface area contributed by atoms with Gasteiger partial charge in [-0.15, -0.1) is 40.2 Å². The Balaban J connectivity index is 0.000000186. The Morgan fingerprint density at radius 1 is 0.539 bits per heavy atom. The van der Waals surface area contributed by atoms with Crippen LogP contribution in [0.1, 0.15) is 113 Å². The van der Waals surface area contributed by atoms with E-state index in [0.29, 0.717) is 11.5 Å². The van der Waals surface area contributed by atoms with Crippen molar-refractivity contribution < 1.29 is 76.1 Å². The minimum atomic E-state index is -4.64. The topological polar surface area (TPSA) is 474 Å². The second-order valence-corrected chi connectivity index (χ2v) is 37.6. The number of amides is 2. The third-order valence-corrected chi connectivity index (χ3v) is 27.5. The zero-order chi connectivity index (χ0) is 91.4. The van der Waals surface area contributed by atoms with Crippen LogP contribution in [0.2, 0.25) is 0 Å². The number of thioether (sulfide) groups is 3. The van der Waals surface area contributed by atoms with Crippen LogP contribution in [0, 0.1) is 21.8 Å². The first-order valence-electron chi connectivity index (χ1n) is 40.1. The number of alkyl halides is 3. The molecular formula is C78H101BrF3N32NaO7S6. The van der Waals surface area contributed by atoms with Gasteiger partial charge in [0, 0.05) is 147 Å². The van der Waals surface area contributed by atoms with Crippen molar-refractivity contribution in [2.75, 3.05) is 85.9 Å². The maximum atomic E-state index is 12.6. The summed E-state index contributed by atoms with van der Waals surface area (Å²) in [6.45, 7) is 22.2. The molecule has 0 bridgehead atoms. The van der Waals surface area contributed by atoms with E-state index in [0.717, 1.165) is 148 Å². The zero-order valence-corrected chi connectivity index (χ0v) is 81.1. The molecule has 6 aliphatic rings. The Labute approximate surface area is 794 Å². The summed E-state index contributed by atoms with van der Waals surface area (Å²) in [5.74, 6) is 7.33. The molecule has 6 fully saturated rings. The van der Waals surface area contributed by atoms with Gasteiger partial charge in [0.05, 0.1) is 41.3 Å². The van der Waals surface area contributed by atoms with Crippen molar-refractivity contribution in [3.05, 3.63) is 133 Å². The molecule has 7 N–H and O–H groups in total. The summed E-state index contributed by atoms with van der Waals surface area (Å²) in [7, 11) is 0. The van der Waals surface area contributed by atoms with Crippen LogP contribution in [0.5, 0.6) is 0 Å². The van der Waals surface area contributed by atoms with Gasteiger partial charge in [0.2, 0.25) is 24.1 Å². The minimum absolute atomic E-state index is 0. The van der Waals surface area contributed by atoms with Crippen LogP contribution in [0.3, 0.4) is 0 Å². The average Bonchev–Trinajstić information content (AvgIpc) is 1.69. The van der Waals surface area contributed by atoms with Crippen LogP contribution in [0.4, 0.5) is 40.6 Å². The van der Waals surface area contributed by atoms with Crippen molar-refractivity contribution in [3.8, 4) is 0 Å². The molecule has 39 nitrogen and oxygen atoms in total.